The van der Waals surface area contributed by atoms with Crippen molar-refractivity contribution in [3.8, 4) is 134 Å². The molecule has 0 fully saturated rings. The van der Waals surface area contributed by atoms with Crippen LogP contribution in [0.4, 0.5) is 34.1 Å². The summed E-state index contributed by atoms with van der Waals surface area (Å²) in [6, 6.07) is 176. The molecule has 2 aliphatic carbocycles. The second-order valence-electron chi connectivity index (χ2n) is 35.8. The summed E-state index contributed by atoms with van der Waals surface area (Å²) >= 11 is 0. The van der Waals surface area contributed by atoms with Crippen molar-refractivity contribution in [1.29, 1.82) is 0 Å². The molecule has 24 rings (SSSR count). The van der Waals surface area contributed by atoms with Crippen molar-refractivity contribution in [3.05, 3.63) is 495 Å². The summed E-state index contributed by atoms with van der Waals surface area (Å²) < 4.78 is 4.87. The van der Waals surface area contributed by atoms with E-state index in [1.165, 1.54) is 93.8 Å². The van der Waals surface area contributed by atoms with Gasteiger partial charge in [-0.05, 0) is 255 Å². The summed E-state index contributed by atoms with van der Waals surface area (Å²) in [7, 11) is 0. The molecule has 130 heavy (non-hydrogen) atoms. The summed E-state index contributed by atoms with van der Waals surface area (Å²) in [5.41, 5.74) is 43.7. The molecule has 0 atom stereocenters. The van der Waals surface area contributed by atoms with Gasteiger partial charge in [0.15, 0.2) is 0 Å². The molecule has 4 nitrogen and oxygen atoms in total. The molecule has 0 bridgehead atoms. The first-order valence-corrected chi connectivity index (χ1v) is 45.3. The van der Waals surface area contributed by atoms with Gasteiger partial charge in [0.25, 0.3) is 0 Å². The highest BCUT2D eigenvalue weighted by Crippen LogP contribution is 2.58. The number of hydrogen-bond acceptors (Lipinski definition) is 2. The maximum atomic E-state index is 2.53. The monoisotopic (exact) mass is 1660 g/mol. The van der Waals surface area contributed by atoms with Crippen molar-refractivity contribution in [2.24, 2.45) is 0 Å². The minimum Gasteiger partial charge on any atom is -0.310 e. The SMILES string of the molecule is CC1(C)c2ccccc2-c2ccc(N(c3ccc(-c4cc(-c5ccc6c(c5)C(C)(C)c5cc(N(c7ccc(-c8ccc(-n9c%10ccccc%10c%10ccccc%109)cc8)cc7)c7cccc(-c8ccccc8)c7-c7ccccc7-c7ccccc7)ccc5-6)cc5c4c4ccccc4n5-c4ccccc4)cc3)c3cccc(-c4ccccc4)c3-c3ccccc3-c3ccccc3)cc21. The molecule has 0 N–H and O–H groups in total. The van der Waals surface area contributed by atoms with Gasteiger partial charge >= 0.3 is 0 Å². The molecule has 22 aromatic rings. The lowest BCUT2D eigenvalue weighted by atomic mass is 9.81. The Kier molecular flexibility index (Phi) is 18.6. The first-order valence-electron chi connectivity index (χ1n) is 45.3. The van der Waals surface area contributed by atoms with Crippen LogP contribution in [0.15, 0.2) is 473 Å². The Morgan fingerprint density at radius 3 is 0.992 bits per heavy atom. The lowest BCUT2D eigenvalue weighted by Crippen LogP contribution is -2.17. The van der Waals surface area contributed by atoms with Gasteiger partial charge in [-0.15, -0.1) is 0 Å². The highest BCUT2D eigenvalue weighted by molar-refractivity contribution is 6.18. The van der Waals surface area contributed by atoms with Crippen LogP contribution < -0.4 is 9.80 Å². The van der Waals surface area contributed by atoms with Crippen LogP contribution >= 0.6 is 0 Å². The number of fused-ring (bicyclic) bond motifs is 12. The van der Waals surface area contributed by atoms with Crippen LogP contribution in [0.5, 0.6) is 0 Å². The second kappa shape index (κ2) is 31.3. The number of aromatic nitrogens is 2. The van der Waals surface area contributed by atoms with E-state index < -0.39 is 5.41 Å². The topological polar surface area (TPSA) is 16.3 Å². The van der Waals surface area contributed by atoms with Gasteiger partial charge in [0, 0.05) is 77.6 Å². The molecular formula is C126H90N4. The molecule has 2 aromatic heterocycles. The molecule has 2 heterocycles. The quantitative estimate of drug-likeness (QED) is 0.0903. The predicted molar refractivity (Wildman–Crippen MR) is 549 cm³/mol. The van der Waals surface area contributed by atoms with E-state index in [2.05, 4.69) is 520 Å². The van der Waals surface area contributed by atoms with Crippen molar-refractivity contribution in [2.45, 2.75) is 38.5 Å². The lowest BCUT2D eigenvalue weighted by Gasteiger charge is -2.31. The average Bonchev–Trinajstić information content (AvgIpc) is 1.53. The number of benzene rings is 20. The van der Waals surface area contributed by atoms with Crippen LogP contribution in [-0.2, 0) is 10.8 Å². The lowest BCUT2D eigenvalue weighted by molar-refractivity contribution is 0.660. The first-order chi connectivity index (χ1) is 64.0. The summed E-state index contributed by atoms with van der Waals surface area (Å²) in [5.74, 6) is 0. The van der Waals surface area contributed by atoms with E-state index in [0.717, 1.165) is 140 Å². The zero-order valence-electron chi connectivity index (χ0n) is 72.8. The van der Waals surface area contributed by atoms with E-state index in [-0.39, 0.29) is 5.41 Å². The fourth-order valence-corrected chi connectivity index (χ4v) is 21.5. The van der Waals surface area contributed by atoms with E-state index in [0.29, 0.717) is 0 Å². The number of rotatable bonds is 17. The molecule has 0 radical (unpaired) electrons. The summed E-state index contributed by atoms with van der Waals surface area (Å²) in [6.45, 7) is 9.65. The van der Waals surface area contributed by atoms with Gasteiger partial charge in [0.2, 0.25) is 0 Å². The standard InChI is InChI=1S/C126H90N4/c1-125(2)112-54-28-24-46-102(112)104-76-73-96(81-114(104)125)128(120-59-33-53-101(88-40-16-8-17-41-88)123(120)109-50-23-21-45-99(109)86-36-12-6-13-37-86)94-71-64-89(65-72-94)111-78-91(80-121-124(111)110-51-27-31-57-118(110)130(121)92-42-18-9-19-43-92)90-66-75-103-105-77-74-97(82-115(105)126(3,4)113(103)79-90)127(119-58-32-52-100(87-38-14-7-15-39-87)122(119)108-49-22-20-44-98(108)85-34-10-5-11-35-85)93-67-60-83(61-68-93)84-62-69-95(70-63-84)129-116-55-29-25-47-106(116)107-48-26-30-56-117(107)129/h5-82H,1-4H3. The molecular weight excluding hydrogens is 1570 g/mol. The molecule has 0 spiro atoms. The third-order valence-electron chi connectivity index (χ3n) is 27.8. The Morgan fingerprint density at radius 2 is 0.500 bits per heavy atom. The second-order valence-corrected chi connectivity index (χ2v) is 35.8. The maximum Gasteiger partial charge on any atom is 0.0553 e. The van der Waals surface area contributed by atoms with Gasteiger partial charge in [0.1, 0.15) is 0 Å². The van der Waals surface area contributed by atoms with Crippen LogP contribution in [0.3, 0.4) is 0 Å². The minimum atomic E-state index is -0.442. The van der Waals surface area contributed by atoms with Gasteiger partial charge in [-0.2, -0.15) is 0 Å². The van der Waals surface area contributed by atoms with Crippen molar-refractivity contribution in [2.75, 3.05) is 9.80 Å². The summed E-state index contributed by atoms with van der Waals surface area (Å²) in [4.78, 5) is 5.06. The fraction of sp³-hybridized carbons (Fsp3) is 0.0476. The maximum absolute atomic E-state index is 2.53. The van der Waals surface area contributed by atoms with Gasteiger partial charge in [-0.25, -0.2) is 0 Å². The van der Waals surface area contributed by atoms with E-state index in [1.54, 1.807) is 0 Å². The first kappa shape index (κ1) is 77.2. The Bertz CT molecular complexity index is 8110. The molecule has 614 valence electrons. The highest BCUT2D eigenvalue weighted by Gasteiger charge is 2.39. The molecule has 0 amide bonds. The smallest absolute Gasteiger partial charge is 0.0553 e. The molecule has 0 saturated carbocycles. The van der Waals surface area contributed by atoms with Crippen LogP contribution in [-0.4, -0.2) is 9.13 Å². The summed E-state index contributed by atoms with van der Waals surface area (Å²) in [6.07, 6.45) is 0. The predicted octanol–water partition coefficient (Wildman–Crippen LogP) is 34.4. The minimum absolute atomic E-state index is 0.243. The van der Waals surface area contributed by atoms with Crippen LogP contribution in [0.1, 0.15) is 49.9 Å². The molecule has 4 heteroatoms. The van der Waals surface area contributed by atoms with Gasteiger partial charge < -0.3 is 18.9 Å². The van der Waals surface area contributed by atoms with Crippen LogP contribution in [0.25, 0.3) is 177 Å². The van der Waals surface area contributed by atoms with E-state index in [1.807, 2.05) is 0 Å². The molecule has 0 aliphatic heterocycles. The Labute approximate surface area is 759 Å². The van der Waals surface area contributed by atoms with Crippen LogP contribution in [0.2, 0.25) is 0 Å². The van der Waals surface area contributed by atoms with Crippen LogP contribution in [0, 0.1) is 0 Å². The number of para-hydroxylation sites is 4. The third kappa shape index (κ3) is 12.8. The Morgan fingerprint density at radius 1 is 0.177 bits per heavy atom. The number of nitrogens with zero attached hydrogens (tertiary/aromatic N) is 4. The third-order valence-corrected chi connectivity index (χ3v) is 27.8. The van der Waals surface area contributed by atoms with E-state index in [9.17, 15) is 0 Å². The normalized spacial score (nSPS) is 12.7. The summed E-state index contributed by atoms with van der Waals surface area (Å²) in [5, 5.41) is 4.90. The largest absolute Gasteiger partial charge is 0.310 e. The Hall–Kier alpha value is -16.4. The van der Waals surface area contributed by atoms with Crippen molar-refractivity contribution >= 4 is 77.7 Å². The van der Waals surface area contributed by atoms with E-state index in [4.69, 9.17) is 0 Å². The molecule has 2 aliphatic rings. The highest BCUT2D eigenvalue weighted by atomic mass is 15.2. The Balaban J connectivity index is 0.653. The van der Waals surface area contributed by atoms with Crippen molar-refractivity contribution in [1.82, 2.24) is 9.13 Å². The molecule has 0 saturated heterocycles. The van der Waals surface area contributed by atoms with Gasteiger partial charge in [-0.1, -0.05) is 380 Å². The zero-order chi connectivity index (χ0) is 86.7. The van der Waals surface area contributed by atoms with Crippen molar-refractivity contribution < 1.29 is 0 Å². The molecule has 0 unspecified atom stereocenters. The zero-order valence-corrected chi connectivity index (χ0v) is 72.8. The number of anilines is 6. The van der Waals surface area contributed by atoms with Gasteiger partial charge in [-0.3, -0.25) is 0 Å². The van der Waals surface area contributed by atoms with Crippen molar-refractivity contribution in [3.63, 3.8) is 0 Å². The average molecular weight is 1660 g/mol. The number of hydrogen-bond donors (Lipinski definition) is 0. The van der Waals surface area contributed by atoms with E-state index >= 15 is 0 Å². The fourth-order valence-electron chi connectivity index (χ4n) is 21.5. The molecule has 20 aromatic carbocycles. The van der Waals surface area contributed by atoms with Gasteiger partial charge in [0.05, 0.1) is 33.4 Å².